The molecule has 0 saturated carbocycles. The van der Waals surface area contributed by atoms with Crippen LogP contribution in [0.3, 0.4) is 0 Å². The Bertz CT molecular complexity index is 1090. The van der Waals surface area contributed by atoms with Crippen molar-refractivity contribution in [2.75, 3.05) is 0 Å². The van der Waals surface area contributed by atoms with Gasteiger partial charge in [0.15, 0.2) is 0 Å². The fraction of sp³-hybridized carbons (Fsp3) is 0.200. The maximum atomic E-state index is 13.1. The summed E-state index contributed by atoms with van der Waals surface area (Å²) in [6, 6.07) is 13.7. The molecule has 1 aliphatic rings. The minimum atomic E-state index is -3.71. The van der Waals surface area contributed by atoms with Crippen LogP contribution < -0.4 is 0 Å². The third-order valence-electron chi connectivity index (χ3n) is 4.31. The van der Waals surface area contributed by atoms with Gasteiger partial charge in [0.25, 0.3) is 5.70 Å². The van der Waals surface area contributed by atoms with Gasteiger partial charge in [-0.1, -0.05) is 51.1 Å². The molecule has 0 bridgehead atoms. The van der Waals surface area contributed by atoms with Gasteiger partial charge in [-0.05, 0) is 34.2 Å². The zero-order valence-corrected chi connectivity index (χ0v) is 15.0. The van der Waals surface area contributed by atoms with E-state index in [1.807, 2.05) is 32.9 Å². The summed E-state index contributed by atoms with van der Waals surface area (Å²) < 4.78 is 26.3. The molecule has 124 valence electrons. The molecule has 0 N–H and O–H groups in total. The quantitative estimate of drug-likeness (QED) is 0.449. The van der Waals surface area contributed by atoms with Crippen LogP contribution in [0.1, 0.15) is 37.5 Å². The lowest BCUT2D eigenvalue weighted by molar-refractivity contribution is 0.582. The van der Waals surface area contributed by atoms with Gasteiger partial charge < -0.3 is 0 Å². The topological polar surface area (TPSA) is 62.3 Å². The fourth-order valence-electron chi connectivity index (χ4n) is 2.98. The van der Waals surface area contributed by atoms with Crippen molar-refractivity contribution in [1.29, 1.82) is 5.26 Å². The Hall–Kier alpha value is -2.89. The largest absolute Gasteiger partial charge is 0.270 e. The van der Waals surface area contributed by atoms with Crippen molar-refractivity contribution in [3.63, 3.8) is 0 Å². The summed E-state index contributed by atoms with van der Waals surface area (Å²) in [5, 5.41) is 9.37. The van der Waals surface area contributed by atoms with E-state index in [1.54, 1.807) is 30.3 Å². The number of nitrogens with zero attached hydrogens (tertiary/aromatic N) is 2. The average Bonchev–Trinajstić information content (AvgIpc) is 2.57. The summed E-state index contributed by atoms with van der Waals surface area (Å²) in [5.74, 6) is 0. The summed E-state index contributed by atoms with van der Waals surface area (Å²) >= 11 is 0. The van der Waals surface area contributed by atoms with Gasteiger partial charge in [0.2, 0.25) is 9.84 Å². The lowest BCUT2D eigenvalue weighted by atomic mass is 9.85. The van der Waals surface area contributed by atoms with E-state index in [0.717, 1.165) is 5.56 Å². The van der Waals surface area contributed by atoms with E-state index in [1.165, 1.54) is 6.07 Å². The lowest BCUT2D eigenvalue weighted by Crippen LogP contribution is -2.18. The summed E-state index contributed by atoms with van der Waals surface area (Å²) in [6.07, 6.45) is 0. The molecule has 2 aromatic carbocycles. The molecule has 2 aromatic rings. The van der Waals surface area contributed by atoms with Crippen molar-refractivity contribution < 1.29 is 8.42 Å². The third kappa shape index (κ3) is 2.54. The SMILES string of the molecule is [C-]#[N+]C(C#N)=C1c2ccccc2S(=O)(=O)c2cc(C(C)(C)C)ccc21. The first-order chi connectivity index (χ1) is 11.7. The molecule has 0 aliphatic carbocycles. The summed E-state index contributed by atoms with van der Waals surface area (Å²) in [4.78, 5) is 3.62. The van der Waals surface area contributed by atoms with Crippen molar-refractivity contribution in [1.82, 2.24) is 0 Å². The number of rotatable bonds is 0. The molecule has 0 unspecified atom stereocenters. The van der Waals surface area contributed by atoms with Gasteiger partial charge in [-0.25, -0.2) is 18.5 Å². The number of benzene rings is 2. The highest BCUT2D eigenvalue weighted by Crippen LogP contribution is 2.44. The van der Waals surface area contributed by atoms with Crippen LogP contribution in [0.4, 0.5) is 0 Å². The maximum Gasteiger partial charge on any atom is 0.270 e. The standard InChI is InChI=1S/C20H16N2O2S/c1-20(2,3)13-9-10-15-18(11-13)25(23,24)17-8-6-5-7-14(17)19(15)16(12-21)22-4/h5-11H,1-3H3. The minimum absolute atomic E-state index is 0.105. The summed E-state index contributed by atoms with van der Waals surface area (Å²) in [6.45, 7) is 13.3. The number of hydrogen-bond acceptors (Lipinski definition) is 3. The van der Waals surface area contributed by atoms with Gasteiger partial charge in [0.05, 0.1) is 22.4 Å². The van der Waals surface area contributed by atoms with E-state index >= 15 is 0 Å². The molecular formula is C20H16N2O2S. The zero-order valence-electron chi connectivity index (χ0n) is 14.2. The fourth-order valence-corrected chi connectivity index (χ4v) is 4.68. The number of hydrogen-bond donors (Lipinski definition) is 0. The highest BCUT2D eigenvalue weighted by molar-refractivity contribution is 7.91. The molecular weight excluding hydrogens is 332 g/mol. The monoisotopic (exact) mass is 348 g/mol. The first-order valence-electron chi connectivity index (χ1n) is 7.73. The number of nitriles is 1. The Morgan fingerprint density at radius 2 is 1.72 bits per heavy atom. The highest BCUT2D eigenvalue weighted by Gasteiger charge is 2.34. The number of allylic oxidation sites excluding steroid dienone is 1. The molecule has 0 radical (unpaired) electrons. The van der Waals surface area contributed by atoms with Crippen molar-refractivity contribution in [3.05, 3.63) is 76.3 Å². The molecule has 0 fully saturated rings. The predicted octanol–water partition coefficient (Wildman–Crippen LogP) is 4.33. The smallest absolute Gasteiger partial charge is 0.226 e. The second-order valence-corrected chi connectivity index (χ2v) is 8.79. The molecule has 1 aliphatic heterocycles. The van der Waals surface area contributed by atoms with E-state index in [4.69, 9.17) is 6.57 Å². The Morgan fingerprint density at radius 3 is 2.32 bits per heavy atom. The van der Waals surface area contributed by atoms with Crippen LogP contribution in [0.25, 0.3) is 10.4 Å². The number of fused-ring (bicyclic) bond motifs is 2. The lowest BCUT2D eigenvalue weighted by Gasteiger charge is -2.26. The molecule has 1 heterocycles. The zero-order chi connectivity index (χ0) is 18.4. The van der Waals surface area contributed by atoms with Crippen LogP contribution in [0.15, 0.2) is 58.0 Å². The molecule has 0 saturated heterocycles. The summed E-state index contributed by atoms with van der Waals surface area (Å²) in [5.41, 5.74) is 1.77. The maximum absolute atomic E-state index is 13.1. The molecule has 25 heavy (non-hydrogen) atoms. The van der Waals surface area contributed by atoms with Gasteiger partial charge in [-0.15, -0.1) is 0 Å². The second kappa shape index (κ2) is 5.58. The molecule has 5 heteroatoms. The minimum Gasteiger partial charge on any atom is -0.226 e. The van der Waals surface area contributed by atoms with Crippen molar-refractivity contribution >= 4 is 15.4 Å². The Morgan fingerprint density at radius 1 is 1.08 bits per heavy atom. The van der Waals surface area contributed by atoms with Crippen LogP contribution in [-0.4, -0.2) is 8.42 Å². The molecule has 4 nitrogen and oxygen atoms in total. The van der Waals surface area contributed by atoms with Gasteiger partial charge in [-0.2, -0.15) is 0 Å². The van der Waals surface area contributed by atoms with Crippen molar-refractivity contribution in [2.24, 2.45) is 0 Å². The van der Waals surface area contributed by atoms with E-state index in [0.29, 0.717) is 16.7 Å². The molecule has 3 rings (SSSR count). The van der Waals surface area contributed by atoms with Gasteiger partial charge >= 0.3 is 0 Å². The van der Waals surface area contributed by atoms with Gasteiger partial charge in [-0.3, -0.25) is 0 Å². The van der Waals surface area contributed by atoms with E-state index in [9.17, 15) is 13.7 Å². The highest BCUT2D eigenvalue weighted by atomic mass is 32.2. The van der Waals surface area contributed by atoms with Crippen molar-refractivity contribution in [3.8, 4) is 6.07 Å². The van der Waals surface area contributed by atoms with E-state index < -0.39 is 9.84 Å². The Kier molecular flexibility index (Phi) is 3.78. The second-order valence-electron chi connectivity index (χ2n) is 6.91. The predicted molar refractivity (Wildman–Crippen MR) is 95.3 cm³/mol. The molecule has 0 atom stereocenters. The van der Waals surface area contributed by atoms with Crippen molar-refractivity contribution in [2.45, 2.75) is 36.0 Å². The van der Waals surface area contributed by atoms with Crippen LogP contribution in [-0.2, 0) is 15.3 Å². The van der Waals surface area contributed by atoms with Gasteiger partial charge in [0, 0.05) is 5.57 Å². The normalized spacial score (nSPS) is 16.8. The average molecular weight is 348 g/mol. The molecule has 0 amide bonds. The number of sulfone groups is 1. The van der Waals surface area contributed by atoms with E-state index in [-0.39, 0.29) is 20.9 Å². The first-order valence-corrected chi connectivity index (χ1v) is 9.21. The van der Waals surface area contributed by atoms with E-state index in [2.05, 4.69) is 4.85 Å². The van der Waals surface area contributed by atoms with Crippen LogP contribution in [0.5, 0.6) is 0 Å². The summed E-state index contributed by atoms with van der Waals surface area (Å²) in [7, 11) is -3.71. The van der Waals surface area contributed by atoms with Gasteiger partial charge in [0.1, 0.15) is 0 Å². The Balaban J connectivity index is 2.50. The Labute approximate surface area is 147 Å². The van der Waals surface area contributed by atoms with Crippen LogP contribution in [0.2, 0.25) is 0 Å². The van der Waals surface area contributed by atoms with Crippen LogP contribution >= 0.6 is 0 Å². The molecule has 0 aromatic heterocycles. The first kappa shape index (κ1) is 17.0. The molecule has 0 spiro atoms. The third-order valence-corrected chi connectivity index (χ3v) is 6.16. The van der Waals surface area contributed by atoms with Crippen LogP contribution in [0, 0.1) is 17.9 Å².